The fourth-order valence-electron chi connectivity index (χ4n) is 2.70. The average Bonchev–Trinajstić information content (AvgIpc) is 3.35. The van der Waals surface area contributed by atoms with Crippen LogP contribution in [0.15, 0.2) is 54.3 Å². The maximum absolute atomic E-state index is 9.01. The van der Waals surface area contributed by atoms with Crippen molar-refractivity contribution in [2.24, 2.45) is 5.11 Å². The molecule has 0 amide bonds. The number of nitrogens with zero attached hydrogens (tertiary/aromatic N) is 7. The van der Waals surface area contributed by atoms with Crippen molar-refractivity contribution in [2.45, 2.75) is 13.1 Å². The van der Waals surface area contributed by atoms with Gasteiger partial charge in [-0.3, -0.25) is 4.68 Å². The molecule has 3 N–H and O–H groups in total. The number of rotatable bonds is 7. The van der Waals surface area contributed by atoms with Crippen molar-refractivity contribution in [1.29, 1.82) is 5.53 Å². The van der Waals surface area contributed by atoms with Gasteiger partial charge in [-0.1, -0.05) is 6.07 Å². The van der Waals surface area contributed by atoms with E-state index in [1.807, 2.05) is 24.5 Å². The van der Waals surface area contributed by atoms with Gasteiger partial charge in [0.2, 0.25) is 0 Å². The summed E-state index contributed by atoms with van der Waals surface area (Å²) in [4.78, 5) is 8.70. The SMILES string of the molecule is N=Nc1ccc(-c2cnn(CCO)c2)nc1NCc1ccc2ncnn2c1. The molecular formula is C17H17N9O. The Hall–Kier alpha value is -3.66. The van der Waals surface area contributed by atoms with E-state index in [9.17, 15) is 0 Å². The Morgan fingerprint density at radius 1 is 1.15 bits per heavy atom. The van der Waals surface area contributed by atoms with E-state index in [0.29, 0.717) is 30.3 Å². The summed E-state index contributed by atoms with van der Waals surface area (Å²) in [5.74, 6) is 0.510. The Morgan fingerprint density at radius 3 is 2.93 bits per heavy atom. The number of aliphatic hydroxyl groups is 1. The number of aliphatic hydroxyl groups excluding tert-OH is 1. The summed E-state index contributed by atoms with van der Waals surface area (Å²) in [6.07, 6.45) is 6.90. The average molecular weight is 363 g/mol. The monoisotopic (exact) mass is 363 g/mol. The molecule has 0 fully saturated rings. The molecule has 0 aromatic carbocycles. The molecular weight excluding hydrogens is 346 g/mol. The lowest BCUT2D eigenvalue weighted by Crippen LogP contribution is -2.04. The van der Waals surface area contributed by atoms with Crippen molar-refractivity contribution in [1.82, 2.24) is 29.4 Å². The van der Waals surface area contributed by atoms with Gasteiger partial charge in [0.25, 0.3) is 0 Å². The number of hydrogen-bond acceptors (Lipinski definition) is 8. The number of pyridine rings is 2. The van der Waals surface area contributed by atoms with Gasteiger partial charge in [-0.2, -0.15) is 15.3 Å². The highest BCUT2D eigenvalue weighted by atomic mass is 16.3. The Morgan fingerprint density at radius 2 is 2.07 bits per heavy atom. The van der Waals surface area contributed by atoms with Crippen molar-refractivity contribution in [2.75, 3.05) is 11.9 Å². The molecule has 4 heterocycles. The van der Waals surface area contributed by atoms with E-state index in [-0.39, 0.29) is 6.61 Å². The predicted molar refractivity (Wildman–Crippen MR) is 97.7 cm³/mol. The minimum absolute atomic E-state index is 0.0220. The van der Waals surface area contributed by atoms with Gasteiger partial charge in [-0.05, 0) is 23.8 Å². The van der Waals surface area contributed by atoms with Gasteiger partial charge in [0, 0.05) is 24.5 Å². The Balaban J connectivity index is 1.57. The van der Waals surface area contributed by atoms with Crippen LogP contribution in [-0.2, 0) is 13.1 Å². The highest BCUT2D eigenvalue weighted by Crippen LogP contribution is 2.27. The van der Waals surface area contributed by atoms with E-state index in [1.165, 1.54) is 6.33 Å². The summed E-state index contributed by atoms with van der Waals surface area (Å²) in [6, 6.07) is 7.37. The number of fused-ring (bicyclic) bond motifs is 1. The van der Waals surface area contributed by atoms with Crippen LogP contribution in [0.1, 0.15) is 5.56 Å². The summed E-state index contributed by atoms with van der Waals surface area (Å²) in [6.45, 7) is 0.947. The fourth-order valence-corrected chi connectivity index (χ4v) is 2.70. The molecule has 0 saturated carbocycles. The van der Waals surface area contributed by atoms with Gasteiger partial charge < -0.3 is 10.4 Å². The first-order valence-electron chi connectivity index (χ1n) is 8.31. The van der Waals surface area contributed by atoms with Crippen LogP contribution in [-0.4, -0.2) is 41.1 Å². The van der Waals surface area contributed by atoms with Crippen molar-refractivity contribution in [3.63, 3.8) is 0 Å². The summed E-state index contributed by atoms with van der Waals surface area (Å²) < 4.78 is 3.35. The van der Waals surface area contributed by atoms with Crippen molar-refractivity contribution >= 4 is 17.2 Å². The first-order chi connectivity index (χ1) is 13.3. The smallest absolute Gasteiger partial charge is 0.155 e. The second-order valence-corrected chi connectivity index (χ2v) is 5.85. The lowest BCUT2D eigenvalue weighted by atomic mass is 10.2. The summed E-state index contributed by atoms with van der Waals surface area (Å²) in [7, 11) is 0. The van der Waals surface area contributed by atoms with Gasteiger partial charge in [0.15, 0.2) is 11.5 Å². The van der Waals surface area contributed by atoms with E-state index in [2.05, 4.69) is 30.6 Å². The molecule has 10 heteroatoms. The minimum atomic E-state index is 0.0220. The molecule has 0 aliphatic rings. The van der Waals surface area contributed by atoms with Crippen molar-refractivity contribution in [3.8, 4) is 11.3 Å². The molecule has 0 spiro atoms. The van der Waals surface area contributed by atoms with Crippen LogP contribution in [0.3, 0.4) is 0 Å². The fraction of sp³-hybridized carbons (Fsp3) is 0.176. The second-order valence-electron chi connectivity index (χ2n) is 5.85. The van der Waals surface area contributed by atoms with E-state index in [4.69, 9.17) is 10.6 Å². The van der Waals surface area contributed by atoms with Crippen LogP contribution in [0.25, 0.3) is 16.9 Å². The minimum Gasteiger partial charge on any atom is -0.394 e. The van der Waals surface area contributed by atoms with Crippen LogP contribution in [0.4, 0.5) is 11.5 Å². The maximum Gasteiger partial charge on any atom is 0.155 e. The molecule has 0 bridgehead atoms. The lowest BCUT2D eigenvalue weighted by molar-refractivity contribution is 0.269. The molecule has 0 radical (unpaired) electrons. The zero-order chi connectivity index (χ0) is 18.6. The van der Waals surface area contributed by atoms with Crippen molar-refractivity contribution in [3.05, 3.63) is 54.7 Å². The number of anilines is 1. The van der Waals surface area contributed by atoms with Crippen LogP contribution in [0.2, 0.25) is 0 Å². The third-order valence-electron chi connectivity index (χ3n) is 4.05. The van der Waals surface area contributed by atoms with Crippen LogP contribution < -0.4 is 5.32 Å². The quantitative estimate of drug-likeness (QED) is 0.432. The molecule has 0 aliphatic carbocycles. The molecule has 0 saturated heterocycles. The van der Waals surface area contributed by atoms with E-state index < -0.39 is 0 Å². The first kappa shape index (κ1) is 16.8. The first-order valence-corrected chi connectivity index (χ1v) is 8.31. The topological polar surface area (TPSA) is 129 Å². The Kier molecular flexibility index (Phi) is 4.54. The van der Waals surface area contributed by atoms with Gasteiger partial charge in [0.05, 0.1) is 25.0 Å². The lowest BCUT2D eigenvalue weighted by Gasteiger charge is -2.09. The molecule has 27 heavy (non-hydrogen) atoms. The normalized spacial score (nSPS) is 11.0. The maximum atomic E-state index is 9.01. The zero-order valence-corrected chi connectivity index (χ0v) is 14.3. The number of hydrogen-bond donors (Lipinski definition) is 3. The van der Waals surface area contributed by atoms with Crippen LogP contribution in [0.5, 0.6) is 0 Å². The van der Waals surface area contributed by atoms with Gasteiger partial charge in [-0.25, -0.2) is 20.0 Å². The Labute approximate surface area is 154 Å². The highest BCUT2D eigenvalue weighted by molar-refractivity contribution is 5.67. The molecule has 4 aromatic heterocycles. The zero-order valence-electron chi connectivity index (χ0n) is 14.3. The van der Waals surface area contributed by atoms with E-state index >= 15 is 0 Å². The van der Waals surface area contributed by atoms with Crippen LogP contribution in [0, 0.1) is 5.53 Å². The van der Waals surface area contributed by atoms with Crippen molar-refractivity contribution < 1.29 is 5.11 Å². The molecule has 4 aromatic rings. The van der Waals surface area contributed by atoms with Gasteiger partial charge in [0.1, 0.15) is 12.0 Å². The highest BCUT2D eigenvalue weighted by Gasteiger charge is 2.09. The summed E-state index contributed by atoms with van der Waals surface area (Å²) >= 11 is 0. The largest absolute Gasteiger partial charge is 0.394 e. The third kappa shape index (κ3) is 3.51. The number of nitrogens with one attached hydrogen (secondary N) is 2. The second kappa shape index (κ2) is 7.30. The molecule has 0 unspecified atom stereocenters. The molecule has 136 valence electrons. The summed E-state index contributed by atoms with van der Waals surface area (Å²) in [5, 5.41) is 24.1. The summed E-state index contributed by atoms with van der Waals surface area (Å²) in [5.41, 5.74) is 11.1. The molecule has 10 nitrogen and oxygen atoms in total. The molecule has 0 aliphatic heterocycles. The Bertz CT molecular complexity index is 1080. The van der Waals surface area contributed by atoms with Crippen LogP contribution >= 0.6 is 0 Å². The van der Waals surface area contributed by atoms with E-state index in [1.54, 1.807) is 27.5 Å². The number of aromatic nitrogens is 6. The third-order valence-corrected chi connectivity index (χ3v) is 4.05. The molecule has 0 atom stereocenters. The predicted octanol–water partition coefficient (Wildman–Crippen LogP) is 2.25. The van der Waals surface area contributed by atoms with Gasteiger partial charge >= 0.3 is 0 Å². The molecule has 4 rings (SSSR count). The van der Waals surface area contributed by atoms with Gasteiger partial charge in [-0.15, -0.1) is 0 Å². The standard InChI is InChI=1S/C17H17N9O/c18-24-15-3-2-14(13-8-21-25(10-13)5-6-27)23-17(15)19-7-12-1-4-16-20-11-22-26(16)9-12/h1-4,8-11,18,27H,5-7H2,(H,19,23). The van der Waals surface area contributed by atoms with E-state index in [0.717, 1.165) is 16.8 Å².